The van der Waals surface area contributed by atoms with Gasteiger partial charge in [0.05, 0.1) is 6.04 Å². The molecule has 1 atom stereocenters. The number of amides is 1. The van der Waals surface area contributed by atoms with Crippen molar-refractivity contribution in [3.63, 3.8) is 0 Å². The van der Waals surface area contributed by atoms with Crippen LogP contribution in [0, 0.1) is 0 Å². The Bertz CT molecular complexity index is 174. The zero-order valence-electron chi connectivity index (χ0n) is 9.09. The highest BCUT2D eigenvalue weighted by molar-refractivity contribution is 5.81. The van der Waals surface area contributed by atoms with Gasteiger partial charge in [0.2, 0.25) is 5.91 Å². The van der Waals surface area contributed by atoms with Gasteiger partial charge in [-0.15, -0.1) is 0 Å². The lowest BCUT2D eigenvalue weighted by Crippen LogP contribution is -2.44. The van der Waals surface area contributed by atoms with E-state index < -0.39 is 0 Å². The van der Waals surface area contributed by atoms with Crippen molar-refractivity contribution in [1.29, 1.82) is 0 Å². The van der Waals surface area contributed by atoms with Crippen molar-refractivity contribution in [3.8, 4) is 0 Å². The molecule has 1 rings (SSSR count). The number of nitrogens with two attached hydrogens (primary N) is 1. The summed E-state index contributed by atoms with van der Waals surface area (Å²) in [4.78, 5) is 11.5. The van der Waals surface area contributed by atoms with Crippen LogP contribution in [0.1, 0.15) is 51.9 Å². The largest absolute Gasteiger partial charge is 0.352 e. The van der Waals surface area contributed by atoms with Crippen molar-refractivity contribution in [2.24, 2.45) is 5.73 Å². The fourth-order valence-electron chi connectivity index (χ4n) is 1.92. The quantitative estimate of drug-likeness (QED) is 0.676. The van der Waals surface area contributed by atoms with E-state index in [1.165, 1.54) is 25.7 Å². The van der Waals surface area contributed by atoms with Crippen molar-refractivity contribution in [2.75, 3.05) is 0 Å². The number of hydrogen-bond acceptors (Lipinski definition) is 2. The molecule has 0 heterocycles. The first-order valence-electron chi connectivity index (χ1n) is 5.80. The lowest BCUT2D eigenvalue weighted by molar-refractivity contribution is -0.123. The highest BCUT2D eigenvalue weighted by Gasteiger charge is 2.17. The summed E-state index contributed by atoms with van der Waals surface area (Å²) in [6.07, 6.45) is 8.08. The number of nitrogens with one attached hydrogen (secondary N) is 1. The minimum absolute atomic E-state index is 0.0272. The minimum Gasteiger partial charge on any atom is -0.352 e. The van der Waals surface area contributed by atoms with Crippen molar-refractivity contribution in [3.05, 3.63) is 0 Å². The molecular formula is C11H22N2O. The van der Waals surface area contributed by atoms with Crippen LogP contribution in [0.25, 0.3) is 0 Å². The fourth-order valence-corrected chi connectivity index (χ4v) is 1.92. The van der Waals surface area contributed by atoms with E-state index in [4.69, 9.17) is 5.73 Å². The molecule has 1 saturated carbocycles. The molecule has 3 nitrogen and oxygen atoms in total. The van der Waals surface area contributed by atoms with Gasteiger partial charge in [0.1, 0.15) is 0 Å². The van der Waals surface area contributed by atoms with Crippen LogP contribution in [0.5, 0.6) is 0 Å². The Kier molecular flexibility index (Phi) is 4.94. The van der Waals surface area contributed by atoms with Gasteiger partial charge < -0.3 is 11.1 Å². The van der Waals surface area contributed by atoms with Crippen LogP contribution < -0.4 is 11.1 Å². The summed E-state index contributed by atoms with van der Waals surface area (Å²) in [6, 6.07) is 0.0563. The third kappa shape index (κ3) is 3.66. The number of carbonyl (C=O) groups excluding carboxylic acids is 1. The molecule has 1 aliphatic rings. The summed E-state index contributed by atoms with van der Waals surface area (Å²) < 4.78 is 0. The van der Waals surface area contributed by atoms with Gasteiger partial charge >= 0.3 is 0 Å². The molecule has 0 spiro atoms. The second kappa shape index (κ2) is 6.02. The zero-order chi connectivity index (χ0) is 10.4. The lowest BCUT2D eigenvalue weighted by atomic mass is 10.1. The molecule has 0 bridgehead atoms. The van der Waals surface area contributed by atoms with Crippen molar-refractivity contribution in [2.45, 2.75) is 64.0 Å². The summed E-state index contributed by atoms with van der Waals surface area (Å²) in [6.45, 7) is 1.94. The second-order valence-electron chi connectivity index (χ2n) is 4.21. The molecule has 14 heavy (non-hydrogen) atoms. The first-order chi connectivity index (χ1) is 6.74. The maximum absolute atomic E-state index is 11.5. The van der Waals surface area contributed by atoms with Gasteiger partial charge in [-0.3, -0.25) is 4.79 Å². The van der Waals surface area contributed by atoms with E-state index in [0.717, 1.165) is 19.3 Å². The molecule has 3 N–H and O–H groups in total. The highest BCUT2D eigenvalue weighted by Crippen LogP contribution is 2.17. The molecule has 0 saturated heterocycles. The van der Waals surface area contributed by atoms with Gasteiger partial charge in [-0.2, -0.15) is 0 Å². The van der Waals surface area contributed by atoms with E-state index in [1.807, 2.05) is 6.92 Å². The van der Waals surface area contributed by atoms with E-state index >= 15 is 0 Å². The van der Waals surface area contributed by atoms with Crippen LogP contribution in [-0.4, -0.2) is 18.0 Å². The van der Waals surface area contributed by atoms with Gasteiger partial charge in [-0.05, 0) is 19.3 Å². The van der Waals surface area contributed by atoms with E-state index in [-0.39, 0.29) is 11.9 Å². The molecule has 0 radical (unpaired) electrons. The van der Waals surface area contributed by atoms with Crippen LogP contribution in [0.4, 0.5) is 0 Å². The summed E-state index contributed by atoms with van der Waals surface area (Å²) in [7, 11) is 0. The maximum Gasteiger partial charge on any atom is 0.237 e. The maximum atomic E-state index is 11.5. The van der Waals surface area contributed by atoms with Crippen LogP contribution in [0.3, 0.4) is 0 Å². The predicted molar refractivity (Wildman–Crippen MR) is 57.9 cm³/mol. The van der Waals surface area contributed by atoms with E-state index in [0.29, 0.717) is 6.04 Å². The first kappa shape index (κ1) is 11.5. The zero-order valence-corrected chi connectivity index (χ0v) is 9.09. The SMILES string of the molecule is CC[C@H](N)C(=O)NC1CCCCCC1. The highest BCUT2D eigenvalue weighted by atomic mass is 16.2. The number of rotatable bonds is 3. The van der Waals surface area contributed by atoms with Crippen LogP contribution in [0.15, 0.2) is 0 Å². The van der Waals surface area contributed by atoms with Crippen LogP contribution in [-0.2, 0) is 4.79 Å². The second-order valence-corrected chi connectivity index (χ2v) is 4.21. The monoisotopic (exact) mass is 198 g/mol. The van der Waals surface area contributed by atoms with E-state index in [9.17, 15) is 4.79 Å². The van der Waals surface area contributed by atoms with Crippen LogP contribution >= 0.6 is 0 Å². The van der Waals surface area contributed by atoms with E-state index in [1.54, 1.807) is 0 Å². The summed E-state index contributed by atoms with van der Waals surface area (Å²) in [5.74, 6) is 0.0272. The van der Waals surface area contributed by atoms with Gasteiger partial charge in [0, 0.05) is 6.04 Å². The first-order valence-corrected chi connectivity index (χ1v) is 5.80. The average Bonchev–Trinajstić information content (AvgIpc) is 2.45. The summed E-state index contributed by atoms with van der Waals surface area (Å²) >= 11 is 0. The van der Waals surface area contributed by atoms with Gasteiger partial charge in [-0.1, -0.05) is 32.6 Å². The molecule has 0 aliphatic heterocycles. The molecule has 0 aromatic carbocycles. The Hall–Kier alpha value is -0.570. The molecule has 3 heteroatoms. The Labute approximate surface area is 86.4 Å². The van der Waals surface area contributed by atoms with Crippen LogP contribution in [0.2, 0.25) is 0 Å². The molecule has 1 fully saturated rings. The van der Waals surface area contributed by atoms with Gasteiger partial charge in [0.15, 0.2) is 0 Å². The third-order valence-electron chi connectivity index (χ3n) is 2.98. The van der Waals surface area contributed by atoms with Gasteiger partial charge in [-0.25, -0.2) is 0 Å². The van der Waals surface area contributed by atoms with Crippen molar-refractivity contribution >= 4 is 5.91 Å². The van der Waals surface area contributed by atoms with Crippen molar-refractivity contribution in [1.82, 2.24) is 5.32 Å². The lowest BCUT2D eigenvalue weighted by Gasteiger charge is -2.18. The van der Waals surface area contributed by atoms with E-state index in [2.05, 4.69) is 5.32 Å². The molecule has 0 unspecified atom stereocenters. The standard InChI is InChI=1S/C11H22N2O/c1-2-10(12)11(14)13-9-7-5-3-4-6-8-9/h9-10H,2-8,12H2,1H3,(H,13,14)/t10-/m0/s1. The normalized spacial score (nSPS) is 21.3. The number of carbonyl (C=O) groups is 1. The Morgan fingerprint density at radius 2 is 1.93 bits per heavy atom. The minimum atomic E-state index is -0.321. The molecule has 0 aromatic heterocycles. The summed E-state index contributed by atoms with van der Waals surface area (Å²) in [5, 5.41) is 3.05. The third-order valence-corrected chi connectivity index (χ3v) is 2.98. The smallest absolute Gasteiger partial charge is 0.237 e. The molecule has 1 aliphatic carbocycles. The Morgan fingerprint density at radius 1 is 1.36 bits per heavy atom. The molecule has 0 aromatic rings. The molecular weight excluding hydrogens is 176 g/mol. The van der Waals surface area contributed by atoms with Crippen molar-refractivity contribution < 1.29 is 4.79 Å². The number of hydrogen-bond donors (Lipinski definition) is 2. The summed E-state index contributed by atoms with van der Waals surface area (Å²) in [5.41, 5.74) is 5.66. The Morgan fingerprint density at radius 3 is 2.43 bits per heavy atom. The molecule has 82 valence electrons. The fraction of sp³-hybridized carbons (Fsp3) is 0.909. The van der Waals surface area contributed by atoms with Gasteiger partial charge in [0.25, 0.3) is 0 Å². The molecule has 1 amide bonds. The average molecular weight is 198 g/mol. The Balaban J connectivity index is 2.30. The predicted octanol–water partition coefficient (Wildman–Crippen LogP) is 1.56. The topological polar surface area (TPSA) is 55.1 Å².